The zero-order valence-electron chi connectivity index (χ0n) is 16.2. The molecule has 146 valence electrons. The van der Waals surface area contributed by atoms with Gasteiger partial charge in [-0.15, -0.1) is 0 Å². The van der Waals surface area contributed by atoms with E-state index in [1.54, 1.807) is 18.3 Å². The number of piperidine rings is 1. The number of ether oxygens (including phenoxy) is 1. The molecule has 0 aliphatic carbocycles. The normalized spacial score (nSPS) is 15.9. The second kappa shape index (κ2) is 8.10. The molecule has 1 N–H and O–H groups in total. The first-order valence-electron chi connectivity index (χ1n) is 9.77. The van der Waals surface area contributed by atoms with Gasteiger partial charge in [-0.25, -0.2) is 14.4 Å². The van der Waals surface area contributed by atoms with Gasteiger partial charge >= 0.3 is 0 Å². The van der Waals surface area contributed by atoms with Crippen molar-refractivity contribution in [2.75, 3.05) is 18.4 Å². The van der Waals surface area contributed by atoms with Gasteiger partial charge in [-0.2, -0.15) is 0 Å². The van der Waals surface area contributed by atoms with Gasteiger partial charge in [0.25, 0.3) is 0 Å². The van der Waals surface area contributed by atoms with Crippen LogP contribution in [0.15, 0.2) is 48.7 Å². The third-order valence-corrected chi connectivity index (χ3v) is 5.16. The van der Waals surface area contributed by atoms with Gasteiger partial charge < -0.3 is 15.0 Å². The van der Waals surface area contributed by atoms with Crippen LogP contribution < -0.4 is 10.1 Å². The van der Waals surface area contributed by atoms with Gasteiger partial charge in [-0.3, -0.25) is 0 Å². The molecule has 1 aliphatic heterocycles. The topological polar surface area (TPSA) is 50.3 Å². The summed E-state index contributed by atoms with van der Waals surface area (Å²) in [5.41, 5.74) is 1.38. The minimum absolute atomic E-state index is 0.190. The van der Waals surface area contributed by atoms with Crippen LogP contribution in [0.2, 0.25) is 0 Å². The van der Waals surface area contributed by atoms with E-state index < -0.39 is 0 Å². The molecule has 6 heteroatoms. The van der Waals surface area contributed by atoms with Gasteiger partial charge in [0.15, 0.2) is 0 Å². The van der Waals surface area contributed by atoms with E-state index in [0.717, 1.165) is 42.6 Å². The fourth-order valence-electron chi connectivity index (χ4n) is 3.57. The Hall–Kier alpha value is -2.73. The second-order valence-electron chi connectivity index (χ2n) is 7.47. The third kappa shape index (κ3) is 4.22. The lowest BCUT2D eigenvalue weighted by molar-refractivity contribution is 0.0852. The molecule has 0 spiro atoms. The first-order valence-corrected chi connectivity index (χ1v) is 9.77. The molecule has 5 nitrogen and oxygen atoms in total. The smallest absolute Gasteiger partial charge is 0.227 e. The average molecular weight is 380 g/mol. The summed E-state index contributed by atoms with van der Waals surface area (Å²) >= 11 is 0. The number of rotatable bonds is 5. The van der Waals surface area contributed by atoms with Crippen LogP contribution in [0.25, 0.3) is 10.9 Å². The predicted molar refractivity (Wildman–Crippen MR) is 110 cm³/mol. The Morgan fingerprint density at radius 2 is 1.93 bits per heavy atom. The largest absolute Gasteiger partial charge is 0.488 e. The maximum absolute atomic E-state index is 13.4. The molecule has 0 atom stereocenters. The summed E-state index contributed by atoms with van der Waals surface area (Å²) in [6.45, 7) is 6.56. The van der Waals surface area contributed by atoms with Crippen LogP contribution in [-0.2, 0) is 0 Å². The van der Waals surface area contributed by atoms with Gasteiger partial charge in [-0.1, -0.05) is 18.2 Å². The molecule has 0 saturated carbocycles. The molecule has 1 saturated heterocycles. The SMILES string of the molecule is CC(C)N1CCC(Oc2cccc3cnc(Nc4cccc(F)c4)nc23)CC1. The highest BCUT2D eigenvalue weighted by Gasteiger charge is 2.22. The van der Waals surface area contributed by atoms with Gasteiger partial charge in [-0.05, 0) is 51.0 Å². The Labute approximate surface area is 164 Å². The Morgan fingerprint density at radius 1 is 1.14 bits per heavy atom. The maximum Gasteiger partial charge on any atom is 0.227 e. The first kappa shape index (κ1) is 18.6. The van der Waals surface area contributed by atoms with Crippen LogP contribution in [0.4, 0.5) is 16.0 Å². The van der Waals surface area contributed by atoms with E-state index in [9.17, 15) is 4.39 Å². The van der Waals surface area contributed by atoms with Gasteiger partial charge in [0.2, 0.25) is 5.95 Å². The molecule has 2 aromatic carbocycles. The summed E-state index contributed by atoms with van der Waals surface area (Å²) in [6.07, 6.45) is 3.97. The molecule has 0 radical (unpaired) electrons. The summed E-state index contributed by atoms with van der Waals surface area (Å²) in [6, 6.07) is 12.7. The molecule has 1 aromatic heterocycles. The molecular weight excluding hydrogens is 355 g/mol. The van der Waals surface area contributed by atoms with Crippen molar-refractivity contribution in [2.24, 2.45) is 0 Å². The number of likely N-dealkylation sites (tertiary alicyclic amines) is 1. The Balaban J connectivity index is 1.54. The zero-order valence-corrected chi connectivity index (χ0v) is 16.2. The lowest BCUT2D eigenvalue weighted by Crippen LogP contribution is -2.41. The fourth-order valence-corrected chi connectivity index (χ4v) is 3.57. The van der Waals surface area contributed by atoms with E-state index in [1.807, 2.05) is 18.2 Å². The van der Waals surface area contributed by atoms with Crippen molar-refractivity contribution in [1.29, 1.82) is 0 Å². The van der Waals surface area contributed by atoms with Crippen molar-refractivity contribution >= 4 is 22.5 Å². The molecule has 1 aliphatic rings. The van der Waals surface area contributed by atoms with Crippen LogP contribution >= 0.6 is 0 Å². The summed E-state index contributed by atoms with van der Waals surface area (Å²) in [4.78, 5) is 11.4. The van der Waals surface area contributed by atoms with E-state index in [-0.39, 0.29) is 11.9 Å². The molecule has 1 fully saturated rings. The molecule has 0 amide bonds. The Kier molecular flexibility index (Phi) is 5.39. The monoisotopic (exact) mass is 380 g/mol. The van der Waals surface area contributed by atoms with E-state index >= 15 is 0 Å². The summed E-state index contributed by atoms with van der Waals surface area (Å²) in [7, 11) is 0. The molecule has 3 aromatic rings. The minimum atomic E-state index is -0.303. The van der Waals surface area contributed by atoms with Crippen molar-refractivity contribution in [1.82, 2.24) is 14.9 Å². The molecule has 0 unspecified atom stereocenters. The number of hydrogen-bond donors (Lipinski definition) is 1. The number of halogens is 1. The number of aromatic nitrogens is 2. The van der Waals surface area contributed by atoms with Crippen molar-refractivity contribution in [3.63, 3.8) is 0 Å². The standard InChI is InChI=1S/C22H25FN4O/c1-15(2)27-11-9-19(10-12-27)28-20-8-3-5-16-14-24-22(26-21(16)20)25-18-7-4-6-17(23)13-18/h3-8,13-15,19H,9-12H2,1-2H3,(H,24,25,26). The summed E-state index contributed by atoms with van der Waals surface area (Å²) < 4.78 is 19.7. The van der Waals surface area contributed by atoms with E-state index in [2.05, 4.69) is 34.0 Å². The molecule has 2 heterocycles. The van der Waals surface area contributed by atoms with E-state index in [1.165, 1.54) is 12.1 Å². The highest BCUT2D eigenvalue weighted by atomic mass is 19.1. The second-order valence-corrected chi connectivity index (χ2v) is 7.47. The number of nitrogens with zero attached hydrogens (tertiary/aromatic N) is 3. The van der Waals surface area contributed by atoms with Crippen molar-refractivity contribution in [3.8, 4) is 5.75 Å². The van der Waals surface area contributed by atoms with Crippen molar-refractivity contribution < 1.29 is 9.13 Å². The van der Waals surface area contributed by atoms with E-state index in [0.29, 0.717) is 17.7 Å². The van der Waals surface area contributed by atoms with Crippen LogP contribution in [-0.4, -0.2) is 40.1 Å². The molecule has 4 rings (SSSR count). The number of nitrogens with one attached hydrogen (secondary N) is 1. The molecular formula is C22H25FN4O. The van der Waals surface area contributed by atoms with Crippen LogP contribution in [0.3, 0.4) is 0 Å². The third-order valence-electron chi connectivity index (χ3n) is 5.16. The minimum Gasteiger partial charge on any atom is -0.488 e. The Bertz CT molecular complexity index is 954. The summed E-state index contributed by atoms with van der Waals surface area (Å²) in [5, 5.41) is 3.98. The first-order chi connectivity index (χ1) is 13.6. The molecule has 28 heavy (non-hydrogen) atoms. The highest BCUT2D eigenvalue weighted by molar-refractivity contribution is 5.84. The highest BCUT2D eigenvalue weighted by Crippen LogP contribution is 2.28. The number of hydrogen-bond acceptors (Lipinski definition) is 5. The lowest BCUT2D eigenvalue weighted by Gasteiger charge is -2.34. The number of benzene rings is 2. The van der Waals surface area contributed by atoms with Gasteiger partial charge in [0.05, 0.1) is 0 Å². The maximum atomic E-state index is 13.4. The van der Waals surface area contributed by atoms with Gasteiger partial charge in [0, 0.05) is 36.4 Å². The van der Waals surface area contributed by atoms with Crippen LogP contribution in [0.5, 0.6) is 5.75 Å². The number of anilines is 2. The van der Waals surface area contributed by atoms with Crippen LogP contribution in [0.1, 0.15) is 26.7 Å². The summed E-state index contributed by atoms with van der Waals surface area (Å²) in [5.74, 6) is 0.886. The van der Waals surface area contributed by atoms with Crippen LogP contribution in [0, 0.1) is 5.82 Å². The lowest BCUT2D eigenvalue weighted by atomic mass is 10.1. The quantitative estimate of drug-likeness (QED) is 0.691. The van der Waals surface area contributed by atoms with Crippen molar-refractivity contribution in [3.05, 3.63) is 54.5 Å². The average Bonchev–Trinajstić information content (AvgIpc) is 2.69. The van der Waals surface area contributed by atoms with Gasteiger partial charge in [0.1, 0.15) is 23.2 Å². The zero-order chi connectivity index (χ0) is 19.5. The number of fused-ring (bicyclic) bond motifs is 1. The van der Waals surface area contributed by atoms with E-state index in [4.69, 9.17) is 4.74 Å². The Morgan fingerprint density at radius 3 is 2.68 bits per heavy atom. The fraction of sp³-hybridized carbons (Fsp3) is 0.364. The molecule has 0 bridgehead atoms. The van der Waals surface area contributed by atoms with Crippen molar-refractivity contribution in [2.45, 2.75) is 38.8 Å². The predicted octanol–water partition coefficient (Wildman–Crippen LogP) is 4.76. The number of para-hydroxylation sites is 1.